The van der Waals surface area contributed by atoms with Crippen molar-refractivity contribution in [1.29, 1.82) is 0 Å². The average Bonchev–Trinajstić information content (AvgIpc) is 2.83. The maximum absolute atomic E-state index is 12.1. The maximum atomic E-state index is 12.1. The second-order valence-electron chi connectivity index (χ2n) is 5.45. The van der Waals surface area contributed by atoms with Gasteiger partial charge in [-0.2, -0.15) is 0 Å². The molecule has 2 atom stereocenters. The van der Waals surface area contributed by atoms with E-state index in [1.807, 2.05) is 13.8 Å². The van der Waals surface area contributed by atoms with Crippen LogP contribution in [0.4, 0.5) is 0 Å². The number of carbonyl (C=O) groups excluding carboxylic acids is 2. The number of ether oxygens (including phenoxy) is 1. The van der Waals surface area contributed by atoms with Crippen molar-refractivity contribution in [2.45, 2.75) is 39.4 Å². The number of hydrogen-bond acceptors (Lipinski definition) is 4. The van der Waals surface area contributed by atoms with Gasteiger partial charge in [-0.15, -0.1) is 0 Å². The molecule has 1 aromatic heterocycles. The first-order valence-corrected chi connectivity index (χ1v) is 7.23. The maximum Gasteiger partial charge on any atom is 0.254 e. The van der Waals surface area contributed by atoms with E-state index < -0.39 is 0 Å². The fourth-order valence-electron chi connectivity index (χ4n) is 2.54. The molecule has 2 unspecified atom stereocenters. The van der Waals surface area contributed by atoms with Crippen LogP contribution in [0.5, 0.6) is 0 Å². The highest BCUT2D eigenvalue weighted by Gasteiger charge is 2.25. The van der Waals surface area contributed by atoms with E-state index in [9.17, 15) is 9.59 Å². The molecule has 21 heavy (non-hydrogen) atoms. The van der Waals surface area contributed by atoms with Gasteiger partial charge in [0.2, 0.25) is 5.91 Å². The van der Waals surface area contributed by atoms with Crippen LogP contribution < -0.4 is 5.32 Å². The lowest BCUT2D eigenvalue weighted by atomic mass is 10.2. The molecule has 6 nitrogen and oxygen atoms in total. The number of amides is 2. The van der Waals surface area contributed by atoms with E-state index in [1.165, 1.54) is 6.26 Å². The van der Waals surface area contributed by atoms with Crippen LogP contribution in [-0.4, -0.2) is 48.6 Å². The van der Waals surface area contributed by atoms with E-state index in [0.29, 0.717) is 37.4 Å². The monoisotopic (exact) mass is 294 g/mol. The number of aryl methyl sites for hydroxylation is 1. The van der Waals surface area contributed by atoms with Gasteiger partial charge >= 0.3 is 0 Å². The molecular weight excluding hydrogens is 272 g/mol. The van der Waals surface area contributed by atoms with Crippen LogP contribution in [0, 0.1) is 6.92 Å². The van der Waals surface area contributed by atoms with Crippen molar-refractivity contribution in [3.63, 3.8) is 0 Å². The Hall–Kier alpha value is -1.82. The molecule has 1 aromatic rings. The second-order valence-corrected chi connectivity index (χ2v) is 5.45. The van der Waals surface area contributed by atoms with Gasteiger partial charge in [0.15, 0.2) is 0 Å². The molecule has 0 aromatic carbocycles. The van der Waals surface area contributed by atoms with Crippen LogP contribution in [0.25, 0.3) is 0 Å². The molecule has 116 valence electrons. The number of nitrogens with one attached hydrogen (secondary N) is 1. The lowest BCUT2D eigenvalue weighted by Gasteiger charge is -2.35. The summed E-state index contributed by atoms with van der Waals surface area (Å²) in [7, 11) is 0. The second kappa shape index (κ2) is 6.76. The highest BCUT2D eigenvalue weighted by Crippen LogP contribution is 2.12. The molecule has 2 amide bonds. The quantitative estimate of drug-likeness (QED) is 0.909. The number of carbonyl (C=O) groups is 2. The smallest absolute Gasteiger partial charge is 0.254 e. The summed E-state index contributed by atoms with van der Waals surface area (Å²) < 4.78 is 10.7. The molecule has 0 bridgehead atoms. The zero-order valence-corrected chi connectivity index (χ0v) is 12.7. The Morgan fingerprint density at radius 2 is 2.00 bits per heavy atom. The van der Waals surface area contributed by atoms with Crippen LogP contribution in [0.1, 0.15) is 36.4 Å². The minimum Gasteiger partial charge on any atom is -0.469 e. The Labute approximate surface area is 124 Å². The molecule has 6 heteroatoms. The predicted molar refractivity (Wildman–Crippen MR) is 77.0 cm³/mol. The molecule has 0 spiro atoms. The van der Waals surface area contributed by atoms with E-state index in [4.69, 9.17) is 9.15 Å². The van der Waals surface area contributed by atoms with Gasteiger partial charge in [-0.3, -0.25) is 9.59 Å². The summed E-state index contributed by atoms with van der Waals surface area (Å²) in [6.45, 7) is 7.19. The number of furan rings is 1. The van der Waals surface area contributed by atoms with Crippen LogP contribution in [0.15, 0.2) is 16.7 Å². The van der Waals surface area contributed by atoms with Crippen molar-refractivity contribution >= 4 is 11.8 Å². The zero-order chi connectivity index (χ0) is 15.4. The zero-order valence-electron chi connectivity index (χ0n) is 12.7. The van der Waals surface area contributed by atoms with Crippen LogP contribution in [0.2, 0.25) is 0 Å². The van der Waals surface area contributed by atoms with Crippen molar-refractivity contribution in [3.8, 4) is 0 Å². The van der Waals surface area contributed by atoms with Crippen molar-refractivity contribution < 1.29 is 18.7 Å². The number of hydrogen-bond donors (Lipinski definition) is 1. The molecule has 2 rings (SSSR count). The molecule has 1 fully saturated rings. The molecule has 1 saturated heterocycles. The first-order valence-electron chi connectivity index (χ1n) is 7.23. The molecule has 1 aliphatic rings. The lowest BCUT2D eigenvalue weighted by Crippen LogP contribution is -2.48. The molecule has 0 radical (unpaired) electrons. The molecule has 0 saturated carbocycles. The fraction of sp³-hybridized carbons (Fsp3) is 0.600. The Morgan fingerprint density at radius 3 is 2.57 bits per heavy atom. The number of morpholine rings is 1. The summed E-state index contributed by atoms with van der Waals surface area (Å²) in [4.78, 5) is 25.8. The van der Waals surface area contributed by atoms with Crippen LogP contribution in [0.3, 0.4) is 0 Å². The highest BCUT2D eigenvalue weighted by atomic mass is 16.5. The Bertz CT molecular complexity index is 502. The largest absolute Gasteiger partial charge is 0.469 e. The van der Waals surface area contributed by atoms with Gasteiger partial charge in [0.05, 0.1) is 24.0 Å². The number of nitrogens with zero attached hydrogens (tertiary/aromatic N) is 1. The third-order valence-corrected chi connectivity index (χ3v) is 3.50. The van der Waals surface area contributed by atoms with Gasteiger partial charge < -0.3 is 19.4 Å². The van der Waals surface area contributed by atoms with Gasteiger partial charge in [-0.25, -0.2) is 0 Å². The van der Waals surface area contributed by atoms with Gasteiger partial charge in [-0.1, -0.05) is 0 Å². The van der Waals surface area contributed by atoms with Crippen molar-refractivity contribution in [2.24, 2.45) is 0 Å². The van der Waals surface area contributed by atoms with Gasteiger partial charge in [0, 0.05) is 26.1 Å². The summed E-state index contributed by atoms with van der Waals surface area (Å²) in [5, 5.41) is 2.74. The molecular formula is C15H22N2O4. The Morgan fingerprint density at radius 1 is 1.33 bits per heavy atom. The minimum atomic E-state index is -0.210. The SMILES string of the molecule is Cc1occc1C(=O)NCCC(=O)N1CC(C)OC(C)C1. The standard InChI is InChI=1S/C15H22N2O4/c1-10-8-17(9-11(2)21-10)14(18)4-6-16-15(19)13-5-7-20-12(13)3/h5,7,10-11H,4,6,8-9H2,1-3H3,(H,16,19). The fourth-order valence-corrected chi connectivity index (χ4v) is 2.54. The summed E-state index contributed by atoms with van der Waals surface area (Å²) in [5.74, 6) is 0.411. The van der Waals surface area contributed by atoms with Gasteiger partial charge in [0.25, 0.3) is 5.91 Å². The highest BCUT2D eigenvalue weighted by molar-refractivity contribution is 5.95. The summed E-state index contributed by atoms with van der Waals surface area (Å²) in [6.07, 6.45) is 1.88. The van der Waals surface area contributed by atoms with Crippen LogP contribution in [-0.2, 0) is 9.53 Å². The summed E-state index contributed by atoms with van der Waals surface area (Å²) >= 11 is 0. The predicted octanol–water partition coefficient (Wildman–Crippen LogP) is 1.34. The molecule has 1 N–H and O–H groups in total. The molecule has 2 heterocycles. The van der Waals surface area contributed by atoms with Gasteiger partial charge in [0.1, 0.15) is 5.76 Å². The van der Waals surface area contributed by atoms with Crippen molar-refractivity contribution in [1.82, 2.24) is 10.2 Å². The summed E-state index contributed by atoms with van der Waals surface area (Å²) in [6, 6.07) is 1.62. The van der Waals surface area contributed by atoms with E-state index in [2.05, 4.69) is 5.32 Å². The topological polar surface area (TPSA) is 71.8 Å². The molecule has 1 aliphatic heterocycles. The van der Waals surface area contributed by atoms with E-state index in [1.54, 1.807) is 17.9 Å². The van der Waals surface area contributed by atoms with Crippen LogP contribution >= 0.6 is 0 Å². The van der Waals surface area contributed by atoms with Gasteiger partial charge in [-0.05, 0) is 26.8 Å². The van der Waals surface area contributed by atoms with E-state index >= 15 is 0 Å². The lowest BCUT2D eigenvalue weighted by molar-refractivity contribution is -0.143. The molecule has 0 aliphatic carbocycles. The number of rotatable bonds is 4. The minimum absolute atomic E-state index is 0.0428. The van der Waals surface area contributed by atoms with E-state index in [0.717, 1.165) is 0 Å². The van der Waals surface area contributed by atoms with E-state index in [-0.39, 0.29) is 24.0 Å². The normalized spacial score (nSPS) is 22.1. The average molecular weight is 294 g/mol. The third-order valence-electron chi connectivity index (χ3n) is 3.50. The summed E-state index contributed by atoms with van der Waals surface area (Å²) in [5.41, 5.74) is 0.510. The van der Waals surface area contributed by atoms with Crippen molar-refractivity contribution in [3.05, 3.63) is 23.7 Å². The third kappa shape index (κ3) is 4.07. The first-order chi connectivity index (χ1) is 9.97. The Balaban J connectivity index is 1.77. The van der Waals surface area contributed by atoms with Crippen molar-refractivity contribution in [2.75, 3.05) is 19.6 Å². The Kier molecular flexibility index (Phi) is 5.01. The first kappa shape index (κ1) is 15.6.